The molecule has 1 N–H and O–H groups in total. The van der Waals surface area contributed by atoms with Gasteiger partial charge in [-0.2, -0.15) is 0 Å². The van der Waals surface area contributed by atoms with Gasteiger partial charge in [0.2, 0.25) is 5.91 Å². The standard InChI is InChI=1S/C14H26N2O2/c1-3-14(7-8-15-11-14)13(17)16(4-2)10-12-6-5-9-18-12/h12,15H,3-11H2,1-2H3. The summed E-state index contributed by atoms with van der Waals surface area (Å²) in [6, 6.07) is 0. The highest BCUT2D eigenvalue weighted by Gasteiger charge is 2.42. The molecule has 0 aromatic heterocycles. The van der Waals surface area contributed by atoms with E-state index < -0.39 is 0 Å². The van der Waals surface area contributed by atoms with Crippen LogP contribution in [-0.2, 0) is 9.53 Å². The molecule has 104 valence electrons. The first-order valence-corrected chi connectivity index (χ1v) is 7.33. The summed E-state index contributed by atoms with van der Waals surface area (Å²) >= 11 is 0. The molecule has 2 heterocycles. The van der Waals surface area contributed by atoms with Gasteiger partial charge in [-0.3, -0.25) is 4.79 Å². The molecule has 0 aromatic rings. The van der Waals surface area contributed by atoms with Crippen molar-refractivity contribution < 1.29 is 9.53 Å². The number of nitrogens with zero attached hydrogens (tertiary/aromatic N) is 1. The van der Waals surface area contributed by atoms with Gasteiger partial charge in [0.15, 0.2) is 0 Å². The van der Waals surface area contributed by atoms with Crippen LogP contribution < -0.4 is 5.32 Å². The molecule has 0 aromatic carbocycles. The Morgan fingerprint density at radius 2 is 2.33 bits per heavy atom. The van der Waals surface area contributed by atoms with Crippen LogP contribution in [0.2, 0.25) is 0 Å². The molecule has 2 unspecified atom stereocenters. The number of carbonyl (C=O) groups excluding carboxylic acids is 1. The summed E-state index contributed by atoms with van der Waals surface area (Å²) in [7, 11) is 0. The Labute approximate surface area is 110 Å². The quantitative estimate of drug-likeness (QED) is 0.806. The summed E-state index contributed by atoms with van der Waals surface area (Å²) in [5.41, 5.74) is -0.158. The van der Waals surface area contributed by atoms with Crippen molar-refractivity contribution in [3.63, 3.8) is 0 Å². The third-order valence-electron chi connectivity index (χ3n) is 4.49. The minimum atomic E-state index is -0.158. The van der Waals surface area contributed by atoms with Gasteiger partial charge in [-0.1, -0.05) is 6.92 Å². The maximum Gasteiger partial charge on any atom is 0.230 e. The summed E-state index contributed by atoms with van der Waals surface area (Å²) < 4.78 is 5.66. The van der Waals surface area contributed by atoms with Gasteiger partial charge in [-0.25, -0.2) is 0 Å². The number of likely N-dealkylation sites (N-methyl/N-ethyl adjacent to an activating group) is 1. The fourth-order valence-electron chi connectivity index (χ4n) is 3.10. The minimum Gasteiger partial charge on any atom is -0.376 e. The van der Waals surface area contributed by atoms with Crippen molar-refractivity contribution in [2.45, 2.75) is 45.6 Å². The molecule has 4 nitrogen and oxygen atoms in total. The number of carbonyl (C=O) groups is 1. The lowest BCUT2D eigenvalue weighted by molar-refractivity contribution is -0.142. The summed E-state index contributed by atoms with van der Waals surface area (Å²) in [4.78, 5) is 14.8. The highest BCUT2D eigenvalue weighted by Crippen LogP contribution is 2.32. The lowest BCUT2D eigenvalue weighted by atomic mass is 9.82. The van der Waals surface area contributed by atoms with Crippen LogP contribution in [0.15, 0.2) is 0 Å². The molecule has 18 heavy (non-hydrogen) atoms. The van der Waals surface area contributed by atoms with E-state index in [4.69, 9.17) is 4.74 Å². The zero-order valence-electron chi connectivity index (χ0n) is 11.7. The van der Waals surface area contributed by atoms with Gasteiger partial charge in [0.05, 0.1) is 11.5 Å². The second-order valence-corrected chi connectivity index (χ2v) is 5.54. The first-order chi connectivity index (χ1) is 8.72. The highest BCUT2D eigenvalue weighted by molar-refractivity contribution is 5.83. The predicted molar refractivity (Wildman–Crippen MR) is 71.4 cm³/mol. The average molecular weight is 254 g/mol. The fraction of sp³-hybridized carbons (Fsp3) is 0.929. The van der Waals surface area contributed by atoms with Gasteiger partial charge < -0.3 is 15.0 Å². The predicted octanol–water partition coefficient (Wildman–Crippen LogP) is 1.40. The van der Waals surface area contributed by atoms with Crippen molar-refractivity contribution >= 4 is 5.91 Å². The number of hydrogen-bond acceptors (Lipinski definition) is 3. The van der Waals surface area contributed by atoms with Crippen LogP contribution in [0.5, 0.6) is 0 Å². The zero-order valence-corrected chi connectivity index (χ0v) is 11.7. The minimum absolute atomic E-state index is 0.158. The Bertz CT molecular complexity index is 282. The second-order valence-electron chi connectivity index (χ2n) is 5.54. The summed E-state index contributed by atoms with van der Waals surface area (Å²) in [5.74, 6) is 0.327. The zero-order chi connectivity index (χ0) is 13.0. The molecular formula is C14H26N2O2. The Balaban J connectivity index is 1.99. The van der Waals surface area contributed by atoms with E-state index in [1.54, 1.807) is 0 Å². The third kappa shape index (κ3) is 2.69. The molecule has 2 saturated heterocycles. The lowest BCUT2D eigenvalue weighted by Gasteiger charge is -2.33. The summed E-state index contributed by atoms with van der Waals surface area (Å²) in [5, 5.41) is 3.34. The molecule has 1 amide bonds. The van der Waals surface area contributed by atoms with Crippen LogP contribution in [0.25, 0.3) is 0 Å². The van der Waals surface area contributed by atoms with Crippen LogP contribution in [-0.4, -0.2) is 49.7 Å². The molecule has 0 bridgehead atoms. The van der Waals surface area contributed by atoms with Crippen molar-refractivity contribution in [1.29, 1.82) is 0 Å². The lowest BCUT2D eigenvalue weighted by Crippen LogP contribution is -2.47. The van der Waals surface area contributed by atoms with E-state index in [1.165, 1.54) is 0 Å². The van der Waals surface area contributed by atoms with Crippen LogP contribution in [0.1, 0.15) is 39.5 Å². The first kappa shape index (κ1) is 13.8. The molecule has 2 rings (SSSR count). The molecule has 0 saturated carbocycles. The maximum absolute atomic E-state index is 12.7. The molecule has 2 fully saturated rings. The van der Waals surface area contributed by atoms with E-state index >= 15 is 0 Å². The van der Waals surface area contributed by atoms with Crippen LogP contribution in [0.3, 0.4) is 0 Å². The van der Waals surface area contributed by atoms with Gasteiger partial charge in [-0.05, 0) is 39.2 Å². The highest BCUT2D eigenvalue weighted by atomic mass is 16.5. The van der Waals surface area contributed by atoms with E-state index in [0.717, 1.165) is 58.5 Å². The largest absolute Gasteiger partial charge is 0.376 e. The maximum atomic E-state index is 12.7. The van der Waals surface area contributed by atoms with Crippen molar-refractivity contribution in [2.75, 3.05) is 32.8 Å². The average Bonchev–Trinajstić information content (AvgIpc) is 3.06. The van der Waals surface area contributed by atoms with E-state index in [-0.39, 0.29) is 11.5 Å². The van der Waals surface area contributed by atoms with Gasteiger partial charge in [0, 0.05) is 26.2 Å². The smallest absolute Gasteiger partial charge is 0.230 e. The number of hydrogen-bond donors (Lipinski definition) is 1. The first-order valence-electron chi connectivity index (χ1n) is 7.33. The van der Waals surface area contributed by atoms with E-state index in [0.29, 0.717) is 5.91 Å². The van der Waals surface area contributed by atoms with Gasteiger partial charge in [-0.15, -0.1) is 0 Å². The SMILES string of the molecule is CCN(CC1CCCO1)C(=O)C1(CC)CCNC1. The van der Waals surface area contributed by atoms with Crippen LogP contribution in [0, 0.1) is 5.41 Å². The Kier molecular flexibility index (Phi) is 4.62. The van der Waals surface area contributed by atoms with Crippen molar-refractivity contribution in [3.8, 4) is 0 Å². The molecule has 0 aliphatic carbocycles. The second kappa shape index (κ2) is 6.02. The van der Waals surface area contributed by atoms with Gasteiger partial charge >= 0.3 is 0 Å². The number of rotatable bonds is 5. The topological polar surface area (TPSA) is 41.6 Å². The van der Waals surface area contributed by atoms with E-state index in [1.807, 2.05) is 4.90 Å². The van der Waals surface area contributed by atoms with Crippen LogP contribution >= 0.6 is 0 Å². The Hall–Kier alpha value is -0.610. The fourth-order valence-corrected chi connectivity index (χ4v) is 3.10. The number of nitrogens with one attached hydrogen (secondary N) is 1. The molecule has 0 spiro atoms. The summed E-state index contributed by atoms with van der Waals surface area (Å²) in [6.07, 6.45) is 4.40. The number of ether oxygens (including phenoxy) is 1. The molecule has 4 heteroatoms. The molecule has 2 aliphatic rings. The van der Waals surface area contributed by atoms with Gasteiger partial charge in [0.25, 0.3) is 0 Å². The van der Waals surface area contributed by atoms with E-state index in [9.17, 15) is 4.79 Å². The third-order valence-corrected chi connectivity index (χ3v) is 4.49. The van der Waals surface area contributed by atoms with Crippen molar-refractivity contribution in [1.82, 2.24) is 10.2 Å². The Morgan fingerprint density at radius 3 is 2.83 bits per heavy atom. The van der Waals surface area contributed by atoms with Crippen LogP contribution in [0.4, 0.5) is 0 Å². The molecular weight excluding hydrogens is 228 g/mol. The Morgan fingerprint density at radius 1 is 1.50 bits per heavy atom. The normalized spacial score (nSPS) is 31.8. The van der Waals surface area contributed by atoms with E-state index in [2.05, 4.69) is 19.2 Å². The molecule has 0 radical (unpaired) electrons. The molecule has 2 aliphatic heterocycles. The number of amides is 1. The monoisotopic (exact) mass is 254 g/mol. The van der Waals surface area contributed by atoms with Crippen molar-refractivity contribution in [3.05, 3.63) is 0 Å². The molecule has 2 atom stereocenters. The van der Waals surface area contributed by atoms with Crippen molar-refractivity contribution in [2.24, 2.45) is 5.41 Å². The van der Waals surface area contributed by atoms with Gasteiger partial charge in [0.1, 0.15) is 0 Å². The summed E-state index contributed by atoms with van der Waals surface area (Å²) in [6.45, 7) is 8.43.